The first kappa shape index (κ1) is 17.1. The Kier molecular flexibility index (Phi) is 5.01. The SMILES string of the molecule is CCCN(C[C@@H]1CCCO1)C(=O)c1sc2ncn(C)c(=O)c2c1C. The van der Waals surface area contributed by atoms with E-state index in [0.717, 1.165) is 31.4 Å². The number of carbonyl (C=O) groups excluding carboxylic acids is 1. The number of thiophene rings is 1. The van der Waals surface area contributed by atoms with Gasteiger partial charge in [-0.2, -0.15) is 0 Å². The predicted octanol–water partition coefficient (Wildman–Crippen LogP) is 2.33. The molecule has 7 heteroatoms. The molecule has 0 bridgehead atoms. The molecular weight excluding hydrogens is 326 g/mol. The average molecular weight is 349 g/mol. The fourth-order valence-electron chi connectivity index (χ4n) is 3.14. The summed E-state index contributed by atoms with van der Waals surface area (Å²) in [6, 6.07) is 0. The van der Waals surface area contributed by atoms with Gasteiger partial charge in [-0.15, -0.1) is 11.3 Å². The Labute approximate surface area is 145 Å². The fourth-order valence-corrected chi connectivity index (χ4v) is 4.24. The number of ether oxygens (including phenoxy) is 1. The number of amides is 1. The van der Waals surface area contributed by atoms with E-state index in [1.54, 1.807) is 7.05 Å². The van der Waals surface area contributed by atoms with Crippen LogP contribution in [0.1, 0.15) is 41.4 Å². The number of rotatable bonds is 5. The molecule has 24 heavy (non-hydrogen) atoms. The Hall–Kier alpha value is -1.73. The van der Waals surface area contributed by atoms with Crippen molar-refractivity contribution in [1.82, 2.24) is 14.5 Å². The van der Waals surface area contributed by atoms with E-state index in [9.17, 15) is 9.59 Å². The maximum atomic E-state index is 13.1. The van der Waals surface area contributed by atoms with Crippen LogP contribution in [0.5, 0.6) is 0 Å². The molecule has 1 aliphatic heterocycles. The minimum absolute atomic E-state index is 0.0186. The summed E-state index contributed by atoms with van der Waals surface area (Å²) in [4.78, 5) is 32.8. The van der Waals surface area contributed by atoms with Gasteiger partial charge in [-0.05, 0) is 31.7 Å². The monoisotopic (exact) mass is 349 g/mol. The van der Waals surface area contributed by atoms with E-state index in [1.165, 1.54) is 22.2 Å². The Morgan fingerprint density at radius 3 is 3.00 bits per heavy atom. The number of hydrogen-bond donors (Lipinski definition) is 0. The molecule has 2 aromatic rings. The smallest absolute Gasteiger partial charge is 0.264 e. The largest absolute Gasteiger partial charge is 0.376 e. The molecule has 1 amide bonds. The maximum absolute atomic E-state index is 13.1. The number of carbonyl (C=O) groups is 1. The molecule has 1 aliphatic rings. The summed E-state index contributed by atoms with van der Waals surface area (Å²) in [5, 5.41) is 0.557. The van der Waals surface area contributed by atoms with Gasteiger partial charge in [0.1, 0.15) is 4.83 Å². The van der Waals surface area contributed by atoms with E-state index in [0.29, 0.717) is 28.2 Å². The predicted molar refractivity (Wildman–Crippen MR) is 94.8 cm³/mol. The molecule has 1 atom stereocenters. The number of aryl methyl sites for hydroxylation is 2. The van der Waals surface area contributed by atoms with Gasteiger partial charge in [-0.1, -0.05) is 6.92 Å². The molecule has 3 rings (SSSR count). The first-order valence-corrected chi connectivity index (χ1v) is 9.20. The van der Waals surface area contributed by atoms with E-state index in [1.807, 2.05) is 11.8 Å². The van der Waals surface area contributed by atoms with Gasteiger partial charge in [0, 0.05) is 26.7 Å². The van der Waals surface area contributed by atoms with Crippen LogP contribution in [-0.4, -0.2) is 46.2 Å². The van der Waals surface area contributed by atoms with Crippen LogP contribution in [0.15, 0.2) is 11.1 Å². The van der Waals surface area contributed by atoms with Crippen molar-refractivity contribution in [1.29, 1.82) is 0 Å². The molecule has 0 aromatic carbocycles. The van der Waals surface area contributed by atoms with E-state index in [-0.39, 0.29) is 17.6 Å². The van der Waals surface area contributed by atoms with Gasteiger partial charge in [-0.3, -0.25) is 9.59 Å². The highest BCUT2D eigenvalue weighted by atomic mass is 32.1. The summed E-state index contributed by atoms with van der Waals surface area (Å²) >= 11 is 1.31. The Bertz CT molecular complexity index is 805. The molecule has 0 spiro atoms. The van der Waals surface area contributed by atoms with Gasteiger partial charge in [0.25, 0.3) is 11.5 Å². The second-order valence-electron chi connectivity index (χ2n) is 6.28. The van der Waals surface area contributed by atoms with Gasteiger partial charge in [-0.25, -0.2) is 4.98 Å². The van der Waals surface area contributed by atoms with E-state index < -0.39 is 0 Å². The molecule has 3 heterocycles. The fraction of sp³-hybridized carbons (Fsp3) is 0.588. The minimum atomic E-state index is -0.103. The summed E-state index contributed by atoms with van der Waals surface area (Å²) in [7, 11) is 1.67. The summed E-state index contributed by atoms with van der Waals surface area (Å²) < 4.78 is 7.13. The molecular formula is C17H23N3O3S. The topological polar surface area (TPSA) is 64.4 Å². The summed E-state index contributed by atoms with van der Waals surface area (Å²) in [5.74, 6) is -0.0186. The lowest BCUT2D eigenvalue weighted by Crippen LogP contribution is -2.37. The Balaban J connectivity index is 1.94. The summed E-state index contributed by atoms with van der Waals surface area (Å²) in [5.41, 5.74) is 0.635. The van der Waals surface area contributed by atoms with Crippen LogP contribution in [0.4, 0.5) is 0 Å². The first-order valence-electron chi connectivity index (χ1n) is 8.38. The van der Waals surface area contributed by atoms with E-state index in [4.69, 9.17) is 4.74 Å². The standard InChI is InChI=1S/C17H23N3O3S/c1-4-7-20(9-12-6-5-8-23-12)17(22)14-11(2)13-15(24-14)18-10-19(3)16(13)21/h10,12H,4-9H2,1-3H3/t12-/m0/s1. The lowest BCUT2D eigenvalue weighted by atomic mass is 10.1. The number of nitrogens with zero attached hydrogens (tertiary/aromatic N) is 3. The molecule has 1 saturated heterocycles. The second kappa shape index (κ2) is 7.03. The van der Waals surface area contributed by atoms with Gasteiger partial charge < -0.3 is 14.2 Å². The second-order valence-corrected chi connectivity index (χ2v) is 7.28. The third-order valence-corrected chi connectivity index (χ3v) is 5.62. The Morgan fingerprint density at radius 2 is 2.33 bits per heavy atom. The van der Waals surface area contributed by atoms with Crippen LogP contribution in [0.2, 0.25) is 0 Å². The van der Waals surface area contributed by atoms with Crippen LogP contribution in [-0.2, 0) is 11.8 Å². The van der Waals surface area contributed by atoms with Gasteiger partial charge in [0.15, 0.2) is 0 Å². The minimum Gasteiger partial charge on any atom is -0.376 e. The van der Waals surface area contributed by atoms with Crippen LogP contribution in [0.25, 0.3) is 10.2 Å². The van der Waals surface area contributed by atoms with E-state index >= 15 is 0 Å². The zero-order chi connectivity index (χ0) is 17.3. The number of hydrogen-bond acceptors (Lipinski definition) is 5. The molecule has 6 nitrogen and oxygen atoms in total. The van der Waals surface area contributed by atoms with Crippen LogP contribution in [0.3, 0.4) is 0 Å². The van der Waals surface area contributed by atoms with E-state index in [2.05, 4.69) is 11.9 Å². The zero-order valence-electron chi connectivity index (χ0n) is 14.4. The molecule has 0 N–H and O–H groups in total. The van der Waals surface area contributed by atoms with Crippen molar-refractivity contribution in [3.8, 4) is 0 Å². The molecule has 0 aliphatic carbocycles. The van der Waals surface area contributed by atoms with Gasteiger partial charge in [0.2, 0.25) is 0 Å². The summed E-state index contributed by atoms with van der Waals surface area (Å²) in [6.45, 7) is 5.99. The highest BCUT2D eigenvalue weighted by Gasteiger charge is 2.26. The maximum Gasteiger partial charge on any atom is 0.264 e. The molecule has 0 radical (unpaired) electrons. The van der Waals surface area contributed by atoms with Crippen molar-refractivity contribution >= 4 is 27.5 Å². The van der Waals surface area contributed by atoms with Crippen molar-refractivity contribution in [2.45, 2.75) is 39.2 Å². The normalized spacial score (nSPS) is 17.5. The Morgan fingerprint density at radius 1 is 1.54 bits per heavy atom. The van der Waals surface area contributed by atoms with Crippen LogP contribution in [0, 0.1) is 6.92 Å². The highest BCUT2D eigenvalue weighted by Crippen LogP contribution is 2.28. The highest BCUT2D eigenvalue weighted by molar-refractivity contribution is 7.20. The molecule has 130 valence electrons. The number of aromatic nitrogens is 2. The van der Waals surface area contributed by atoms with Crippen LogP contribution < -0.4 is 5.56 Å². The van der Waals surface area contributed by atoms with Gasteiger partial charge in [0.05, 0.1) is 22.7 Å². The first-order chi connectivity index (χ1) is 11.5. The molecule has 0 unspecified atom stereocenters. The zero-order valence-corrected chi connectivity index (χ0v) is 15.2. The lowest BCUT2D eigenvalue weighted by Gasteiger charge is -2.24. The van der Waals surface area contributed by atoms with Crippen molar-refractivity contribution in [2.24, 2.45) is 7.05 Å². The van der Waals surface area contributed by atoms with Crippen molar-refractivity contribution in [3.05, 3.63) is 27.1 Å². The summed E-state index contributed by atoms with van der Waals surface area (Å²) in [6.07, 6.45) is 4.58. The van der Waals surface area contributed by atoms with Crippen molar-refractivity contribution in [2.75, 3.05) is 19.7 Å². The lowest BCUT2D eigenvalue weighted by molar-refractivity contribution is 0.0529. The van der Waals surface area contributed by atoms with Crippen LogP contribution >= 0.6 is 11.3 Å². The van der Waals surface area contributed by atoms with Crippen molar-refractivity contribution in [3.63, 3.8) is 0 Å². The van der Waals surface area contributed by atoms with Crippen molar-refractivity contribution < 1.29 is 9.53 Å². The number of fused-ring (bicyclic) bond motifs is 1. The third kappa shape index (κ3) is 3.10. The molecule has 2 aromatic heterocycles. The molecule has 1 fully saturated rings. The quantitative estimate of drug-likeness (QED) is 0.831. The molecule has 0 saturated carbocycles. The van der Waals surface area contributed by atoms with Gasteiger partial charge >= 0.3 is 0 Å². The third-order valence-electron chi connectivity index (χ3n) is 4.43. The average Bonchev–Trinajstić information content (AvgIpc) is 3.18.